The van der Waals surface area contributed by atoms with Crippen LogP contribution in [0.15, 0.2) is 67.1 Å². The van der Waals surface area contributed by atoms with Crippen molar-refractivity contribution >= 4 is 80.4 Å². The number of anilines is 2. The molecule has 0 spiro atoms. The molecule has 0 radical (unpaired) electrons. The van der Waals surface area contributed by atoms with Gasteiger partial charge in [0.25, 0.3) is 0 Å². The number of hydrogen-bond acceptors (Lipinski definition) is 12. The zero-order chi connectivity index (χ0) is 49.2. The molecule has 4 saturated heterocycles. The van der Waals surface area contributed by atoms with Gasteiger partial charge in [0, 0.05) is 112 Å². The highest BCUT2D eigenvalue weighted by Crippen LogP contribution is 2.36. The summed E-state index contributed by atoms with van der Waals surface area (Å²) in [7, 11) is 1.88. The maximum Gasteiger partial charge on any atom is 0.329 e. The molecule has 0 bridgehead atoms. The van der Waals surface area contributed by atoms with Crippen molar-refractivity contribution in [3.05, 3.63) is 88.3 Å². The quantitative estimate of drug-likeness (QED) is 0.107. The van der Waals surface area contributed by atoms with Crippen LogP contribution in [0, 0.1) is 5.92 Å². The van der Waals surface area contributed by atoms with E-state index in [-0.39, 0.29) is 30.1 Å². The number of piperazine rings is 1. The van der Waals surface area contributed by atoms with E-state index in [1.54, 1.807) is 12.4 Å². The largest absolute Gasteiger partial charge is 0.486 e. The van der Waals surface area contributed by atoms with Gasteiger partial charge in [0.1, 0.15) is 23.4 Å². The minimum absolute atomic E-state index is 0.0815. The van der Waals surface area contributed by atoms with Crippen LogP contribution in [0.1, 0.15) is 68.6 Å². The summed E-state index contributed by atoms with van der Waals surface area (Å²) in [6, 6.07) is 15.7. The van der Waals surface area contributed by atoms with E-state index in [0.717, 1.165) is 71.4 Å². The lowest BCUT2D eigenvalue weighted by molar-refractivity contribution is -0.141. The van der Waals surface area contributed by atoms with Gasteiger partial charge in [-0.25, -0.2) is 9.78 Å². The summed E-state index contributed by atoms with van der Waals surface area (Å²) in [5.74, 6) is 2.41. The third-order valence-electron chi connectivity index (χ3n) is 14.5. The number of likely N-dealkylation sites (tertiary alicyclic amines) is 2. The van der Waals surface area contributed by atoms with Crippen molar-refractivity contribution in [3.8, 4) is 17.0 Å². The minimum Gasteiger partial charge on any atom is -0.486 e. The van der Waals surface area contributed by atoms with E-state index in [9.17, 15) is 19.2 Å². The van der Waals surface area contributed by atoms with Gasteiger partial charge in [0.15, 0.2) is 5.82 Å². The first kappa shape index (κ1) is 48.3. The van der Waals surface area contributed by atoms with E-state index in [4.69, 9.17) is 37.7 Å². The fraction of sp³-hybridized carbons (Fsp3) is 0.451. The highest BCUT2D eigenvalue weighted by atomic mass is 35.5. The first-order valence-electron chi connectivity index (χ1n) is 24.6. The highest BCUT2D eigenvalue weighted by Gasteiger charge is 2.33. The van der Waals surface area contributed by atoms with Crippen molar-refractivity contribution in [1.82, 2.24) is 50.0 Å². The molecule has 372 valence electrons. The molecule has 0 unspecified atom stereocenters. The molecule has 71 heavy (non-hydrogen) atoms. The molecule has 2 N–H and O–H groups in total. The molecule has 4 aliphatic rings. The predicted octanol–water partition coefficient (Wildman–Crippen LogP) is 6.97. The number of aromatic amines is 1. The third-order valence-corrected chi connectivity index (χ3v) is 15.1. The molecule has 6 aromatic rings. The Morgan fingerprint density at radius 2 is 1.61 bits per heavy atom. The first-order valence-corrected chi connectivity index (χ1v) is 25.3. The second kappa shape index (κ2) is 21.2. The smallest absolute Gasteiger partial charge is 0.329 e. The van der Waals surface area contributed by atoms with E-state index in [2.05, 4.69) is 47.5 Å². The van der Waals surface area contributed by atoms with Crippen molar-refractivity contribution in [2.45, 2.75) is 57.5 Å². The number of piperidine rings is 2. The topological polar surface area (TPSA) is 187 Å². The predicted molar refractivity (Wildman–Crippen MR) is 271 cm³/mol. The van der Waals surface area contributed by atoms with E-state index in [0.29, 0.717) is 111 Å². The number of benzene rings is 2. The van der Waals surface area contributed by atoms with Crippen LogP contribution < -0.4 is 19.9 Å². The number of imide groups is 1. The normalized spacial score (nSPS) is 18.1. The molecule has 20 heteroatoms. The van der Waals surface area contributed by atoms with Crippen LogP contribution >= 0.6 is 23.2 Å². The number of nitrogens with zero attached hydrogens (tertiary/aromatic N) is 10. The Kier molecular flexibility index (Phi) is 14.4. The van der Waals surface area contributed by atoms with Gasteiger partial charge in [-0.3, -0.25) is 39.4 Å². The number of nitrogens with one attached hydrogen (secondary N) is 2. The van der Waals surface area contributed by atoms with Crippen molar-refractivity contribution < 1.29 is 28.7 Å². The van der Waals surface area contributed by atoms with Crippen molar-refractivity contribution in [2.24, 2.45) is 13.0 Å². The van der Waals surface area contributed by atoms with Crippen LogP contribution in [0.25, 0.3) is 33.1 Å². The number of carbonyl (C=O) groups is 4. The summed E-state index contributed by atoms with van der Waals surface area (Å²) in [4.78, 5) is 69.8. The molecule has 8 heterocycles. The van der Waals surface area contributed by atoms with Crippen molar-refractivity contribution in [1.29, 1.82) is 0 Å². The van der Waals surface area contributed by atoms with E-state index >= 15 is 0 Å². The average molecular weight is 1010 g/mol. The summed E-state index contributed by atoms with van der Waals surface area (Å²) in [6.07, 6.45) is 8.52. The Bertz CT molecular complexity index is 2900. The van der Waals surface area contributed by atoms with Gasteiger partial charge in [0.2, 0.25) is 17.7 Å². The van der Waals surface area contributed by atoms with Gasteiger partial charge >= 0.3 is 6.03 Å². The summed E-state index contributed by atoms with van der Waals surface area (Å²) < 4.78 is 14.0. The number of carbonyl (C=O) groups excluding carboxylic acids is 4. The second-order valence-electron chi connectivity index (χ2n) is 18.9. The molecular weight excluding hydrogens is 948 g/mol. The zero-order valence-electron chi connectivity index (χ0n) is 40.0. The van der Waals surface area contributed by atoms with Gasteiger partial charge in [-0.1, -0.05) is 29.3 Å². The van der Waals surface area contributed by atoms with Gasteiger partial charge in [-0.05, 0) is 99.6 Å². The summed E-state index contributed by atoms with van der Waals surface area (Å²) in [5, 5.41) is 17.4. The van der Waals surface area contributed by atoms with Crippen LogP contribution in [-0.4, -0.2) is 147 Å². The second-order valence-corrected chi connectivity index (χ2v) is 19.7. The SMILES string of the molecule is C[C@@H](Oc1ccc2[nH]nc(-c3ccc(N4CCN(C(=O)C5CCN(C(=O)CCOCCN6CCC(c7ccc8c(N9CCC(=O)NC9=O)nn(C)c8c7)CC6)CC5)CC4)nc3)c2c1)c1c(Cl)cncc1Cl. The first-order chi connectivity index (χ1) is 34.5. The number of rotatable bonds is 14. The molecule has 4 aromatic heterocycles. The molecule has 4 fully saturated rings. The number of aromatic nitrogens is 6. The van der Waals surface area contributed by atoms with Gasteiger partial charge in [-0.2, -0.15) is 10.2 Å². The Balaban J connectivity index is 0.616. The monoisotopic (exact) mass is 1000 g/mol. The molecule has 18 nitrogen and oxygen atoms in total. The minimum atomic E-state index is -0.433. The van der Waals surface area contributed by atoms with Crippen LogP contribution in [0.5, 0.6) is 5.75 Å². The molecule has 0 saturated carbocycles. The fourth-order valence-electron chi connectivity index (χ4n) is 10.4. The number of fused-ring (bicyclic) bond motifs is 2. The van der Waals surface area contributed by atoms with Gasteiger partial charge in [-0.15, -0.1) is 0 Å². The number of ether oxygens (including phenoxy) is 2. The fourth-order valence-corrected chi connectivity index (χ4v) is 11.1. The van der Waals surface area contributed by atoms with Crippen molar-refractivity contribution in [2.75, 3.05) is 88.5 Å². The lowest BCUT2D eigenvalue weighted by Crippen LogP contribution is -2.52. The van der Waals surface area contributed by atoms with E-state index in [1.165, 1.54) is 10.5 Å². The van der Waals surface area contributed by atoms with E-state index < -0.39 is 12.1 Å². The maximum atomic E-state index is 13.6. The molecular formula is C51H58Cl2N12O6. The molecule has 5 amide bonds. The number of urea groups is 1. The lowest BCUT2D eigenvalue weighted by atomic mass is 9.89. The summed E-state index contributed by atoms with van der Waals surface area (Å²) in [6.45, 7) is 9.69. The summed E-state index contributed by atoms with van der Waals surface area (Å²) in [5.41, 5.74) is 5.39. The molecule has 10 rings (SSSR count). The summed E-state index contributed by atoms with van der Waals surface area (Å²) >= 11 is 12.8. The number of hydrogen-bond donors (Lipinski definition) is 2. The highest BCUT2D eigenvalue weighted by molar-refractivity contribution is 6.35. The number of pyridine rings is 2. The Morgan fingerprint density at radius 3 is 2.34 bits per heavy atom. The Labute approximate surface area is 421 Å². The van der Waals surface area contributed by atoms with Crippen LogP contribution in [0.2, 0.25) is 10.0 Å². The standard InChI is InChI=1S/C51H58Cl2N12O6/c1-32(47-40(52)30-54-31-41(47)53)71-37-5-7-42-39(28-37)48(58-57-42)36-4-8-44(55-29-36)62-20-22-64(23-21-62)50(68)34-11-17-63(18-12-34)46(67)14-25-70-26-24-61-15-9-33(10-16-61)35-3-6-38-43(27-35)60(2)59-49(38)65-19-13-45(66)56-51(65)69/h3-8,27-34H,9-26H2,1-2H3,(H,57,58)(H,56,66,69)/t32-/m1/s1. The third kappa shape index (κ3) is 10.5. The average Bonchev–Trinajstić information content (AvgIpc) is 3.96. The molecule has 4 aliphatic heterocycles. The van der Waals surface area contributed by atoms with Crippen LogP contribution in [-0.2, 0) is 26.2 Å². The van der Waals surface area contributed by atoms with Gasteiger partial charge < -0.3 is 29.1 Å². The Morgan fingerprint density at radius 1 is 0.831 bits per heavy atom. The lowest BCUT2D eigenvalue weighted by Gasteiger charge is -2.39. The molecule has 0 aliphatic carbocycles. The Hall–Kier alpha value is -6.34. The maximum absolute atomic E-state index is 13.6. The number of amides is 5. The van der Waals surface area contributed by atoms with Crippen LogP contribution in [0.4, 0.5) is 16.4 Å². The molecule has 2 aromatic carbocycles. The zero-order valence-corrected chi connectivity index (χ0v) is 41.5. The molecule has 1 atom stereocenters. The number of halogens is 2. The van der Waals surface area contributed by atoms with Gasteiger partial charge in [0.05, 0.1) is 40.7 Å². The number of H-pyrrole nitrogens is 1. The van der Waals surface area contributed by atoms with Crippen molar-refractivity contribution in [3.63, 3.8) is 0 Å². The van der Waals surface area contributed by atoms with Crippen LogP contribution in [0.3, 0.4) is 0 Å². The number of aryl methyl sites for hydroxylation is 1. The van der Waals surface area contributed by atoms with E-state index in [1.807, 2.05) is 71.0 Å².